The van der Waals surface area contributed by atoms with Crippen LogP contribution in [0.4, 0.5) is 10.1 Å². The van der Waals surface area contributed by atoms with E-state index in [1.54, 1.807) is 18.2 Å². The van der Waals surface area contributed by atoms with Crippen LogP contribution in [0.3, 0.4) is 0 Å². The lowest BCUT2D eigenvalue weighted by Crippen LogP contribution is -2.31. The summed E-state index contributed by atoms with van der Waals surface area (Å²) in [5.74, 6) is -0.272. The van der Waals surface area contributed by atoms with Crippen LogP contribution < -0.4 is 10.6 Å². The fourth-order valence-corrected chi connectivity index (χ4v) is 4.44. The van der Waals surface area contributed by atoms with Crippen LogP contribution in [0, 0.1) is 11.7 Å². The lowest BCUT2D eigenvalue weighted by Gasteiger charge is -2.21. The number of carbonyl (C=O) groups is 2. The molecule has 0 unspecified atom stereocenters. The monoisotopic (exact) mass is 434 g/mol. The van der Waals surface area contributed by atoms with Gasteiger partial charge in [-0.3, -0.25) is 9.59 Å². The third-order valence-corrected chi connectivity index (χ3v) is 6.29. The fourth-order valence-electron chi connectivity index (χ4n) is 3.40. The summed E-state index contributed by atoms with van der Waals surface area (Å²) in [6.45, 7) is 0.720. The zero-order valence-electron chi connectivity index (χ0n) is 16.0. The second-order valence-electron chi connectivity index (χ2n) is 7.17. The smallest absolute Gasteiger partial charge is 0.256 e. The minimum atomic E-state index is -0.599. The quantitative estimate of drug-likeness (QED) is 0.564. The van der Waals surface area contributed by atoms with Crippen molar-refractivity contribution < 1.29 is 14.0 Å². The number of nitrogens with one attached hydrogen (secondary N) is 2. The molecule has 0 aliphatic heterocycles. The molecule has 2 aromatic rings. The van der Waals surface area contributed by atoms with E-state index in [1.165, 1.54) is 56.0 Å². The van der Waals surface area contributed by atoms with Gasteiger partial charge in [-0.15, -0.1) is 11.8 Å². The summed E-state index contributed by atoms with van der Waals surface area (Å²) < 4.78 is 14.0. The SMILES string of the molecule is O=C(CSc1ccccc1C(=O)Nc1ccc(Cl)cc1F)NCC1CCCCC1. The van der Waals surface area contributed by atoms with Crippen LogP contribution in [0.15, 0.2) is 47.4 Å². The lowest BCUT2D eigenvalue weighted by atomic mass is 9.89. The maximum atomic E-state index is 14.0. The molecule has 0 heterocycles. The zero-order valence-corrected chi connectivity index (χ0v) is 17.6. The molecule has 0 spiro atoms. The molecule has 0 bridgehead atoms. The van der Waals surface area contributed by atoms with E-state index in [0.717, 1.165) is 12.6 Å². The number of thioether (sulfide) groups is 1. The van der Waals surface area contributed by atoms with E-state index >= 15 is 0 Å². The van der Waals surface area contributed by atoms with Gasteiger partial charge in [0.15, 0.2) is 0 Å². The fraction of sp³-hybridized carbons (Fsp3) is 0.364. The van der Waals surface area contributed by atoms with Crippen molar-refractivity contribution in [3.05, 3.63) is 58.9 Å². The molecule has 154 valence electrons. The highest BCUT2D eigenvalue weighted by molar-refractivity contribution is 8.00. The molecule has 29 heavy (non-hydrogen) atoms. The van der Waals surface area contributed by atoms with Gasteiger partial charge in [-0.2, -0.15) is 0 Å². The van der Waals surface area contributed by atoms with Crippen LogP contribution in [-0.2, 0) is 4.79 Å². The van der Waals surface area contributed by atoms with Crippen molar-refractivity contribution in [1.82, 2.24) is 5.32 Å². The van der Waals surface area contributed by atoms with Crippen molar-refractivity contribution in [3.63, 3.8) is 0 Å². The third kappa shape index (κ3) is 6.47. The van der Waals surface area contributed by atoms with E-state index in [4.69, 9.17) is 11.6 Å². The first kappa shape index (κ1) is 21.7. The molecular weight excluding hydrogens is 411 g/mol. The molecule has 1 fully saturated rings. The van der Waals surface area contributed by atoms with Crippen molar-refractivity contribution in [3.8, 4) is 0 Å². The molecule has 0 aromatic heterocycles. The predicted octanol–water partition coefficient (Wildman–Crippen LogP) is 5.52. The number of hydrogen-bond donors (Lipinski definition) is 2. The molecule has 0 saturated heterocycles. The summed E-state index contributed by atoms with van der Waals surface area (Å²) in [7, 11) is 0. The van der Waals surface area contributed by atoms with E-state index in [9.17, 15) is 14.0 Å². The van der Waals surface area contributed by atoms with Gasteiger partial charge >= 0.3 is 0 Å². The Labute approximate surface area is 179 Å². The van der Waals surface area contributed by atoms with E-state index in [2.05, 4.69) is 10.6 Å². The molecule has 2 amide bonds. The van der Waals surface area contributed by atoms with Gasteiger partial charge in [-0.05, 0) is 49.1 Å². The average molecular weight is 435 g/mol. The summed E-state index contributed by atoms with van der Waals surface area (Å²) in [6, 6.07) is 11.1. The first-order valence-corrected chi connectivity index (χ1v) is 11.1. The maximum absolute atomic E-state index is 14.0. The van der Waals surface area contributed by atoms with Crippen LogP contribution in [0.5, 0.6) is 0 Å². The van der Waals surface area contributed by atoms with Crippen molar-refractivity contribution in [1.29, 1.82) is 0 Å². The first-order valence-electron chi connectivity index (χ1n) is 9.78. The predicted molar refractivity (Wildman–Crippen MR) is 116 cm³/mol. The number of carbonyl (C=O) groups excluding carboxylic acids is 2. The zero-order chi connectivity index (χ0) is 20.6. The topological polar surface area (TPSA) is 58.2 Å². The highest BCUT2D eigenvalue weighted by Crippen LogP contribution is 2.26. The van der Waals surface area contributed by atoms with Gasteiger partial charge in [-0.1, -0.05) is 43.0 Å². The Morgan fingerprint density at radius 2 is 1.86 bits per heavy atom. The number of rotatable bonds is 7. The van der Waals surface area contributed by atoms with Gasteiger partial charge in [0.05, 0.1) is 17.0 Å². The minimum Gasteiger partial charge on any atom is -0.355 e. The molecule has 0 atom stereocenters. The molecule has 7 heteroatoms. The Balaban J connectivity index is 1.56. The average Bonchev–Trinajstić information content (AvgIpc) is 2.73. The van der Waals surface area contributed by atoms with Crippen molar-refractivity contribution in [2.45, 2.75) is 37.0 Å². The van der Waals surface area contributed by atoms with E-state index < -0.39 is 11.7 Å². The van der Waals surface area contributed by atoms with Gasteiger partial charge in [0.1, 0.15) is 5.82 Å². The van der Waals surface area contributed by atoms with Crippen molar-refractivity contribution in [2.75, 3.05) is 17.6 Å². The summed E-state index contributed by atoms with van der Waals surface area (Å²) >= 11 is 7.05. The molecule has 4 nitrogen and oxygen atoms in total. The molecule has 0 radical (unpaired) electrons. The van der Waals surface area contributed by atoms with Crippen molar-refractivity contribution in [2.24, 2.45) is 5.92 Å². The molecule has 2 N–H and O–H groups in total. The van der Waals surface area contributed by atoms with Gasteiger partial charge in [-0.25, -0.2) is 4.39 Å². The Hall–Kier alpha value is -2.05. The van der Waals surface area contributed by atoms with Crippen LogP contribution >= 0.6 is 23.4 Å². The molecule has 1 aliphatic carbocycles. The Bertz CT molecular complexity index is 872. The highest BCUT2D eigenvalue weighted by Gasteiger charge is 2.16. The normalized spacial score (nSPS) is 14.4. The summed E-state index contributed by atoms with van der Waals surface area (Å²) in [5, 5.41) is 5.82. The van der Waals surface area contributed by atoms with Gasteiger partial charge in [0.25, 0.3) is 5.91 Å². The lowest BCUT2D eigenvalue weighted by molar-refractivity contribution is -0.118. The second kappa shape index (κ2) is 10.6. The van der Waals surface area contributed by atoms with Crippen LogP contribution in [0.2, 0.25) is 5.02 Å². The number of amides is 2. The van der Waals surface area contributed by atoms with E-state index in [-0.39, 0.29) is 22.4 Å². The largest absolute Gasteiger partial charge is 0.355 e. The first-order chi connectivity index (χ1) is 14.0. The van der Waals surface area contributed by atoms with Crippen LogP contribution in [0.1, 0.15) is 42.5 Å². The summed E-state index contributed by atoms with van der Waals surface area (Å²) in [6.07, 6.45) is 6.13. The minimum absolute atomic E-state index is 0.0421. The van der Waals surface area contributed by atoms with Gasteiger partial charge in [0.2, 0.25) is 5.91 Å². The molecule has 3 rings (SSSR count). The van der Waals surface area contributed by atoms with Crippen LogP contribution in [0.25, 0.3) is 0 Å². The third-order valence-electron chi connectivity index (χ3n) is 4.98. The summed E-state index contributed by atoms with van der Waals surface area (Å²) in [5.41, 5.74) is 0.455. The maximum Gasteiger partial charge on any atom is 0.256 e. The summed E-state index contributed by atoms with van der Waals surface area (Å²) in [4.78, 5) is 25.5. The van der Waals surface area contributed by atoms with Crippen LogP contribution in [-0.4, -0.2) is 24.1 Å². The van der Waals surface area contributed by atoms with Gasteiger partial charge < -0.3 is 10.6 Å². The number of anilines is 1. The van der Waals surface area contributed by atoms with Gasteiger partial charge in [0, 0.05) is 16.5 Å². The molecule has 1 aliphatic rings. The van der Waals surface area contributed by atoms with E-state index in [0.29, 0.717) is 16.4 Å². The highest BCUT2D eigenvalue weighted by atomic mass is 35.5. The van der Waals surface area contributed by atoms with Crippen molar-refractivity contribution >= 4 is 40.9 Å². The number of halogens is 2. The number of benzene rings is 2. The molecule has 1 saturated carbocycles. The Morgan fingerprint density at radius 1 is 1.10 bits per heavy atom. The standard InChI is InChI=1S/C22H24ClFN2O2S/c23-16-10-11-19(18(24)12-16)26-22(28)17-8-4-5-9-20(17)29-14-21(27)25-13-15-6-2-1-3-7-15/h4-5,8-12,15H,1-3,6-7,13-14H2,(H,25,27)(H,26,28). The van der Waals surface area contributed by atoms with E-state index in [1.807, 2.05) is 6.07 Å². The Kier molecular flexibility index (Phi) is 7.95. The molecule has 2 aromatic carbocycles. The second-order valence-corrected chi connectivity index (χ2v) is 8.62. The Morgan fingerprint density at radius 3 is 2.62 bits per heavy atom. The molecular formula is C22H24ClFN2O2S. The number of hydrogen-bond acceptors (Lipinski definition) is 3.